The molecule has 2 aromatic rings. The molecule has 0 bridgehead atoms. The molecule has 0 aliphatic carbocycles. The number of hydrogen-bond acceptors (Lipinski definition) is 3. The van der Waals surface area contributed by atoms with Gasteiger partial charge < -0.3 is 9.47 Å². The lowest BCUT2D eigenvalue weighted by molar-refractivity contribution is -0.555. The molecule has 108 valence electrons. The van der Waals surface area contributed by atoms with Crippen molar-refractivity contribution in [2.24, 2.45) is 5.73 Å². The van der Waals surface area contributed by atoms with Gasteiger partial charge >= 0.3 is 0 Å². The molecule has 1 aliphatic rings. The summed E-state index contributed by atoms with van der Waals surface area (Å²) in [4.78, 5) is 0. The molecular weight excluding hydrogens is 264 g/mol. The highest BCUT2D eigenvalue weighted by molar-refractivity contribution is 5.96. The zero-order valence-electron chi connectivity index (χ0n) is 12.3. The molecule has 0 saturated carbocycles. The molecule has 4 heteroatoms. The molecule has 2 aromatic carbocycles. The van der Waals surface area contributed by atoms with Gasteiger partial charge in [-0.2, -0.15) is 0 Å². The number of benzene rings is 2. The molecule has 3 rings (SSSR count). The Bertz CT molecular complexity index is 708. The van der Waals surface area contributed by atoms with Gasteiger partial charge in [0.2, 0.25) is 0 Å². The summed E-state index contributed by atoms with van der Waals surface area (Å²) in [7, 11) is 3.29. The van der Waals surface area contributed by atoms with E-state index in [-0.39, 0.29) is 0 Å². The third kappa shape index (κ3) is 2.44. The number of nitrogens with two attached hydrogens (primary N) is 1. The van der Waals surface area contributed by atoms with E-state index in [4.69, 9.17) is 15.2 Å². The van der Waals surface area contributed by atoms with Crippen molar-refractivity contribution in [3.63, 3.8) is 0 Å². The monoisotopic (exact) mass is 283 g/mol. The second-order valence-corrected chi connectivity index (χ2v) is 5.09. The Balaban J connectivity index is 1.87. The van der Waals surface area contributed by atoms with Crippen LogP contribution in [0.2, 0.25) is 0 Å². The lowest BCUT2D eigenvalue weighted by Gasteiger charge is -2.10. The first-order valence-corrected chi connectivity index (χ1v) is 6.89. The molecule has 0 amide bonds. The Kier molecular flexibility index (Phi) is 3.52. The standard InChI is InChI=1S/C17H18N2O2/c1-20-15-8-7-12(9-16(15)21-2)10-19-11-13-5-3-4-6-14(13)17(19)18/h3-9,18H,10-11H2,1-2H3/p+1. The Morgan fingerprint density at radius 3 is 2.52 bits per heavy atom. The van der Waals surface area contributed by atoms with Gasteiger partial charge in [-0.3, -0.25) is 10.3 Å². The predicted molar refractivity (Wildman–Crippen MR) is 82.0 cm³/mol. The van der Waals surface area contributed by atoms with Crippen LogP contribution in [0.3, 0.4) is 0 Å². The van der Waals surface area contributed by atoms with Crippen LogP contribution in [-0.2, 0) is 13.1 Å². The average molecular weight is 283 g/mol. The molecule has 0 fully saturated rings. The van der Waals surface area contributed by atoms with E-state index in [9.17, 15) is 0 Å². The number of methoxy groups -OCH3 is 2. The molecule has 1 aliphatic heterocycles. The van der Waals surface area contributed by atoms with Gasteiger partial charge in [-0.25, -0.2) is 0 Å². The molecule has 1 heterocycles. The SMILES string of the molecule is COc1ccc(C[N+]2=C(N)c3ccccc3C2)cc1OC. The van der Waals surface area contributed by atoms with E-state index in [0.717, 1.165) is 41.6 Å². The first kappa shape index (κ1) is 13.5. The summed E-state index contributed by atoms with van der Waals surface area (Å²) in [5, 5.41) is 0. The quantitative estimate of drug-likeness (QED) is 0.875. The van der Waals surface area contributed by atoms with Crippen molar-refractivity contribution in [3.05, 3.63) is 59.2 Å². The van der Waals surface area contributed by atoms with Crippen molar-refractivity contribution in [3.8, 4) is 11.5 Å². The topological polar surface area (TPSA) is 47.5 Å². The van der Waals surface area contributed by atoms with Crippen molar-refractivity contribution < 1.29 is 14.0 Å². The number of nitrogens with zero attached hydrogens (tertiary/aromatic N) is 1. The van der Waals surface area contributed by atoms with Gasteiger partial charge in [0.05, 0.1) is 19.8 Å². The van der Waals surface area contributed by atoms with Crippen LogP contribution >= 0.6 is 0 Å². The van der Waals surface area contributed by atoms with Crippen molar-refractivity contribution >= 4 is 5.84 Å². The lowest BCUT2D eigenvalue weighted by atomic mass is 10.1. The predicted octanol–water partition coefficient (Wildman–Crippen LogP) is 2.14. The Labute approximate surface area is 124 Å². The third-order valence-corrected chi connectivity index (χ3v) is 3.82. The molecule has 0 aromatic heterocycles. The number of rotatable bonds is 4. The summed E-state index contributed by atoms with van der Waals surface area (Å²) in [6.07, 6.45) is 0. The second-order valence-electron chi connectivity index (χ2n) is 5.09. The molecular formula is C17H19N2O2+. The summed E-state index contributed by atoms with van der Waals surface area (Å²) in [6, 6.07) is 14.2. The molecule has 4 nitrogen and oxygen atoms in total. The van der Waals surface area contributed by atoms with Crippen LogP contribution in [0.5, 0.6) is 11.5 Å². The van der Waals surface area contributed by atoms with E-state index in [1.165, 1.54) is 5.56 Å². The molecule has 2 N–H and O–H groups in total. The first-order chi connectivity index (χ1) is 10.2. The minimum Gasteiger partial charge on any atom is -0.493 e. The van der Waals surface area contributed by atoms with E-state index in [1.807, 2.05) is 30.3 Å². The largest absolute Gasteiger partial charge is 0.493 e. The van der Waals surface area contributed by atoms with Gasteiger partial charge in [-0.15, -0.1) is 0 Å². The zero-order chi connectivity index (χ0) is 14.8. The van der Waals surface area contributed by atoms with Gasteiger partial charge in [0, 0.05) is 5.56 Å². The highest BCUT2D eigenvalue weighted by atomic mass is 16.5. The van der Waals surface area contributed by atoms with Crippen LogP contribution in [0.1, 0.15) is 16.7 Å². The fraction of sp³-hybridized carbons (Fsp3) is 0.235. The van der Waals surface area contributed by atoms with Crippen LogP contribution in [0.25, 0.3) is 0 Å². The molecule has 0 atom stereocenters. The fourth-order valence-electron chi connectivity index (χ4n) is 2.71. The number of amidine groups is 1. The minimum absolute atomic E-state index is 0.739. The van der Waals surface area contributed by atoms with Crippen molar-refractivity contribution in [2.45, 2.75) is 13.1 Å². The maximum atomic E-state index is 6.25. The number of ether oxygens (including phenoxy) is 2. The van der Waals surface area contributed by atoms with Crippen LogP contribution in [-0.4, -0.2) is 24.6 Å². The van der Waals surface area contributed by atoms with Crippen molar-refractivity contribution in [2.75, 3.05) is 14.2 Å². The van der Waals surface area contributed by atoms with Crippen molar-refractivity contribution in [1.82, 2.24) is 0 Å². The normalized spacial score (nSPS) is 13.2. The first-order valence-electron chi connectivity index (χ1n) is 6.89. The van der Waals surface area contributed by atoms with E-state index in [2.05, 4.69) is 16.7 Å². The zero-order valence-corrected chi connectivity index (χ0v) is 12.3. The minimum atomic E-state index is 0.739. The Hall–Kier alpha value is -2.49. The van der Waals surface area contributed by atoms with Gasteiger partial charge in [-0.05, 0) is 23.8 Å². The van der Waals surface area contributed by atoms with E-state index in [0.29, 0.717) is 0 Å². The summed E-state index contributed by atoms with van der Waals surface area (Å²) >= 11 is 0. The summed E-state index contributed by atoms with van der Waals surface area (Å²) in [5.74, 6) is 2.31. The average Bonchev–Trinajstić information content (AvgIpc) is 2.84. The highest BCUT2D eigenvalue weighted by Gasteiger charge is 2.24. The van der Waals surface area contributed by atoms with Gasteiger partial charge in [0.25, 0.3) is 5.84 Å². The molecule has 0 saturated heterocycles. The fourth-order valence-corrected chi connectivity index (χ4v) is 2.71. The number of hydrogen-bond donors (Lipinski definition) is 1. The van der Waals surface area contributed by atoms with Gasteiger partial charge in [-0.1, -0.05) is 24.3 Å². The molecule has 0 radical (unpaired) electrons. The molecule has 0 unspecified atom stereocenters. The third-order valence-electron chi connectivity index (χ3n) is 3.82. The summed E-state index contributed by atoms with van der Waals surface area (Å²) < 4.78 is 12.8. The summed E-state index contributed by atoms with van der Waals surface area (Å²) in [6.45, 7) is 1.59. The van der Waals surface area contributed by atoms with Crippen molar-refractivity contribution in [1.29, 1.82) is 0 Å². The second kappa shape index (κ2) is 5.48. The molecule has 0 spiro atoms. The maximum Gasteiger partial charge on any atom is 0.275 e. The van der Waals surface area contributed by atoms with Crippen LogP contribution < -0.4 is 15.2 Å². The smallest absolute Gasteiger partial charge is 0.275 e. The van der Waals surface area contributed by atoms with Crippen LogP contribution in [0, 0.1) is 0 Å². The Morgan fingerprint density at radius 1 is 1.05 bits per heavy atom. The maximum absolute atomic E-state index is 6.25. The lowest BCUT2D eigenvalue weighted by Crippen LogP contribution is -2.23. The molecule has 21 heavy (non-hydrogen) atoms. The van der Waals surface area contributed by atoms with Crippen LogP contribution in [0.4, 0.5) is 0 Å². The van der Waals surface area contributed by atoms with E-state index >= 15 is 0 Å². The highest BCUT2D eigenvalue weighted by Crippen LogP contribution is 2.28. The van der Waals surface area contributed by atoms with Crippen LogP contribution in [0.15, 0.2) is 42.5 Å². The summed E-state index contributed by atoms with van der Waals surface area (Å²) in [5.41, 5.74) is 9.80. The number of fused-ring (bicyclic) bond motifs is 1. The van der Waals surface area contributed by atoms with Gasteiger partial charge in [0.1, 0.15) is 13.1 Å². The van der Waals surface area contributed by atoms with Gasteiger partial charge in [0.15, 0.2) is 11.5 Å². The Morgan fingerprint density at radius 2 is 1.81 bits per heavy atom. The van der Waals surface area contributed by atoms with E-state index < -0.39 is 0 Å². The van der Waals surface area contributed by atoms with E-state index in [1.54, 1.807) is 14.2 Å².